The van der Waals surface area contributed by atoms with Crippen LogP contribution in [-0.2, 0) is 17.8 Å². The molecule has 2 bridgehead atoms. The van der Waals surface area contributed by atoms with Crippen LogP contribution in [0.1, 0.15) is 23.2 Å². The minimum Gasteiger partial charge on any atom is -0.490 e. The Hall–Kier alpha value is -4.02. The highest BCUT2D eigenvalue weighted by atomic mass is 16.5. The van der Waals surface area contributed by atoms with Crippen LogP contribution in [-0.4, -0.2) is 83.3 Å². The summed E-state index contributed by atoms with van der Waals surface area (Å²) >= 11 is 0. The van der Waals surface area contributed by atoms with Gasteiger partial charge < -0.3 is 19.1 Å². The fraction of sp³-hybridized carbons (Fsp3) is 0.379. The van der Waals surface area contributed by atoms with Gasteiger partial charge in [-0.3, -0.25) is 9.89 Å². The van der Waals surface area contributed by atoms with Crippen molar-refractivity contribution >= 4 is 17.5 Å². The molecule has 2 unspecified atom stereocenters. The first-order valence-corrected chi connectivity index (χ1v) is 13.3. The topological polar surface area (TPSA) is 89.6 Å². The van der Waals surface area contributed by atoms with Crippen LogP contribution >= 0.6 is 0 Å². The van der Waals surface area contributed by atoms with Gasteiger partial charge in [0, 0.05) is 80.2 Å². The summed E-state index contributed by atoms with van der Waals surface area (Å²) in [7, 11) is 3.32. The SMILES string of the molecule is COCCOc1cc(-c2ccc(N3CC4CC(C3)N4Cc3ccc(OC)nc3)nc2)c2c3c(nn2c1)CN=C3. The molecule has 8 heterocycles. The summed E-state index contributed by atoms with van der Waals surface area (Å²) < 4.78 is 18.2. The maximum Gasteiger partial charge on any atom is 0.212 e. The first-order chi connectivity index (χ1) is 19.2. The minimum absolute atomic E-state index is 0.477. The Bertz CT molecular complexity index is 1500. The van der Waals surface area contributed by atoms with Gasteiger partial charge in [-0.2, -0.15) is 5.10 Å². The van der Waals surface area contributed by atoms with E-state index < -0.39 is 0 Å². The second-order valence-corrected chi connectivity index (χ2v) is 10.3. The number of piperidine rings is 1. The predicted octanol–water partition coefficient (Wildman–Crippen LogP) is 3.22. The van der Waals surface area contributed by atoms with E-state index in [1.807, 2.05) is 35.4 Å². The van der Waals surface area contributed by atoms with Crippen molar-refractivity contribution in [1.29, 1.82) is 0 Å². The van der Waals surface area contributed by atoms with Gasteiger partial charge in [-0.1, -0.05) is 6.07 Å². The average Bonchev–Trinajstić information content (AvgIpc) is 3.57. The van der Waals surface area contributed by atoms with Crippen molar-refractivity contribution in [2.24, 2.45) is 4.99 Å². The normalized spacial score (nSPS) is 19.8. The van der Waals surface area contributed by atoms with Crippen molar-refractivity contribution in [2.75, 3.05) is 45.4 Å². The summed E-state index contributed by atoms with van der Waals surface area (Å²) in [5.74, 6) is 2.42. The van der Waals surface area contributed by atoms with Crippen LogP contribution in [0.2, 0.25) is 0 Å². The number of hydrogen-bond acceptors (Lipinski definition) is 9. The van der Waals surface area contributed by atoms with Crippen LogP contribution in [0.3, 0.4) is 0 Å². The van der Waals surface area contributed by atoms with E-state index in [0.717, 1.165) is 59.1 Å². The molecule has 0 radical (unpaired) electrons. The van der Waals surface area contributed by atoms with Crippen LogP contribution in [0.25, 0.3) is 16.6 Å². The summed E-state index contributed by atoms with van der Waals surface area (Å²) in [4.78, 5) is 18.7. The minimum atomic E-state index is 0.477. The third-order valence-corrected chi connectivity index (χ3v) is 7.93. The summed E-state index contributed by atoms with van der Waals surface area (Å²) in [6.45, 7) is 4.49. The number of nitrogens with zero attached hydrogens (tertiary/aromatic N) is 7. The molecule has 3 saturated heterocycles. The lowest BCUT2D eigenvalue weighted by Crippen LogP contribution is -2.68. The largest absolute Gasteiger partial charge is 0.490 e. The summed E-state index contributed by atoms with van der Waals surface area (Å²) in [5.41, 5.74) is 6.37. The van der Waals surface area contributed by atoms with E-state index in [4.69, 9.17) is 24.3 Å². The monoisotopic (exact) mass is 525 g/mol. The zero-order valence-corrected chi connectivity index (χ0v) is 22.2. The van der Waals surface area contributed by atoms with E-state index in [9.17, 15) is 0 Å². The van der Waals surface area contributed by atoms with Crippen LogP contribution in [0, 0.1) is 0 Å². The fourth-order valence-electron chi connectivity index (χ4n) is 5.94. The highest BCUT2D eigenvalue weighted by Crippen LogP contribution is 2.37. The smallest absolute Gasteiger partial charge is 0.212 e. The number of anilines is 1. The molecule has 4 aliphatic rings. The average molecular weight is 526 g/mol. The second kappa shape index (κ2) is 9.94. The van der Waals surface area contributed by atoms with Crippen LogP contribution < -0.4 is 14.4 Å². The van der Waals surface area contributed by atoms with Gasteiger partial charge in [0.15, 0.2) is 0 Å². The maximum absolute atomic E-state index is 5.95. The molecule has 4 aliphatic heterocycles. The van der Waals surface area contributed by atoms with Gasteiger partial charge >= 0.3 is 0 Å². The van der Waals surface area contributed by atoms with Gasteiger partial charge in [0.1, 0.15) is 18.2 Å². The molecule has 10 heteroatoms. The molecule has 200 valence electrons. The Morgan fingerprint density at radius 3 is 2.64 bits per heavy atom. The Labute approximate surface area is 226 Å². The van der Waals surface area contributed by atoms with Gasteiger partial charge in [0.25, 0.3) is 0 Å². The van der Waals surface area contributed by atoms with Crippen molar-refractivity contribution in [3.05, 3.63) is 65.7 Å². The molecule has 0 N–H and O–H groups in total. The molecule has 8 rings (SSSR count). The quantitative estimate of drug-likeness (QED) is 0.308. The van der Waals surface area contributed by atoms with E-state index in [1.165, 1.54) is 12.0 Å². The number of aromatic nitrogens is 4. The van der Waals surface area contributed by atoms with E-state index >= 15 is 0 Å². The number of piperazine rings is 1. The molecule has 4 aromatic rings. The molecule has 4 aromatic heterocycles. The third kappa shape index (κ3) is 4.39. The lowest BCUT2D eigenvalue weighted by atomic mass is 9.87. The summed E-state index contributed by atoms with van der Waals surface area (Å²) in [6, 6.07) is 11.5. The van der Waals surface area contributed by atoms with Crippen molar-refractivity contribution in [3.63, 3.8) is 0 Å². The van der Waals surface area contributed by atoms with E-state index in [2.05, 4.69) is 44.0 Å². The maximum atomic E-state index is 5.95. The summed E-state index contributed by atoms with van der Waals surface area (Å²) in [6.07, 6.45) is 8.97. The van der Waals surface area contributed by atoms with Gasteiger partial charge in [0.2, 0.25) is 5.88 Å². The Morgan fingerprint density at radius 2 is 1.90 bits per heavy atom. The van der Waals surface area contributed by atoms with Crippen molar-refractivity contribution in [2.45, 2.75) is 31.6 Å². The highest BCUT2D eigenvalue weighted by Gasteiger charge is 2.44. The lowest BCUT2D eigenvalue weighted by Gasteiger charge is -2.56. The fourth-order valence-corrected chi connectivity index (χ4v) is 5.94. The Kier molecular flexibility index (Phi) is 6.13. The predicted molar refractivity (Wildman–Crippen MR) is 148 cm³/mol. The van der Waals surface area contributed by atoms with E-state index in [1.54, 1.807) is 14.2 Å². The highest BCUT2D eigenvalue weighted by molar-refractivity contribution is 5.99. The van der Waals surface area contributed by atoms with Crippen molar-refractivity contribution in [1.82, 2.24) is 24.5 Å². The molecule has 0 aromatic carbocycles. The zero-order chi connectivity index (χ0) is 26.3. The molecule has 10 nitrogen and oxygen atoms in total. The second-order valence-electron chi connectivity index (χ2n) is 10.3. The lowest BCUT2D eigenvalue weighted by molar-refractivity contribution is -0.00876. The zero-order valence-electron chi connectivity index (χ0n) is 22.2. The standard InChI is InChI=1S/C29H31N7O3/c1-37-7-8-39-23-10-24(29-25-13-30-14-26(25)33-36(29)18-23)20-4-5-27(31-12-20)34-16-21-9-22(17-34)35(21)15-19-3-6-28(38-2)32-11-19/h3-6,10-13,18,21-22H,7-9,14-17H2,1-2H3. The van der Waals surface area contributed by atoms with E-state index in [-0.39, 0.29) is 0 Å². The number of fused-ring (bicyclic) bond motifs is 5. The number of aliphatic imine (C=N–C) groups is 1. The van der Waals surface area contributed by atoms with Gasteiger partial charge in [-0.05, 0) is 30.2 Å². The van der Waals surface area contributed by atoms with Crippen LogP contribution in [0.5, 0.6) is 11.6 Å². The number of ether oxygens (including phenoxy) is 3. The molecule has 2 atom stereocenters. The Morgan fingerprint density at radius 1 is 1.00 bits per heavy atom. The molecule has 0 amide bonds. The van der Waals surface area contributed by atoms with Crippen LogP contribution in [0.15, 0.2) is 53.9 Å². The van der Waals surface area contributed by atoms with E-state index in [0.29, 0.717) is 37.7 Å². The molecular weight excluding hydrogens is 494 g/mol. The van der Waals surface area contributed by atoms with Crippen molar-refractivity contribution < 1.29 is 14.2 Å². The van der Waals surface area contributed by atoms with Crippen LogP contribution in [0.4, 0.5) is 5.82 Å². The van der Waals surface area contributed by atoms with Gasteiger partial charge in [-0.15, -0.1) is 0 Å². The third-order valence-electron chi connectivity index (χ3n) is 7.93. The molecule has 0 aliphatic carbocycles. The first-order valence-electron chi connectivity index (χ1n) is 13.3. The summed E-state index contributed by atoms with van der Waals surface area (Å²) in [5, 5.41) is 4.76. The number of rotatable bonds is 9. The molecule has 3 fully saturated rings. The molecule has 39 heavy (non-hydrogen) atoms. The molecule has 0 saturated carbocycles. The number of methoxy groups -OCH3 is 2. The Balaban J connectivity index is 1.09. The number of hydrogen-bond donors (Lipinski definition) is 0. The molecule has 0 spiro atoms. The number of pyridine rings is 3. The molecular formula is C29H31N7O3. The van der Waals surface area contributed by atoms with Gasteiger partial charge in [-0.25, -0.2) is 14.5 Å². The van der Waals surface area contributed by atoms with Gasteiger partial charge in [0.05, 0.1) is 37.7 Å². The first kappa shape index (κ1) is 24.1. The van der Waals surface area contributed by atoms with Crippen molar-refractivity contribution in [3.8, 4) is 22.8 Å².